The zero-order valence-electron chi connectivity index (χ0n) is 12.2. The SMILES string of the molecule is CC1Oc2c(C(=O)NCCc3cnc[nH]3)cccc2C1C. The molecular formula is C16H19N3O2. The van der Waals surface area contributed by atoms with E-state index >= 15 is 0 Å². The number of aromatic nitrogens is 2. The van der Waals surface area contributed by atoms with E-state index in [2.05, 4.69) is 22.2 Å². The van der Waals surface area contributed by atoms with Crippen LogP contribution in [0.25, 0.3) is 0 Å². The number of nitrogens with one attached hydrogen (secondary N) is 2. The third kappa shape index (κ3) is 2.63. The summed E-state index contributed by atoms with van der Waals surface area (Å²) >= 11 is 0. The van der Waals surface area contributed by atoms with Crippen LogP contribution in [-0.4, -0.2) is 28.5 Å². The number of nitrogens with zero attached hydrogens (tertiary/aromatic N) is 1. The van der Waals surface area contributed by atoms with E-state index in [0.717, 1.165) is 23.4 Å². The maximum absolute atomic E-state index is 12.3. The van der Waals surface area contributed by atoms with Gasteiger partial charge in [0.15, 0.2) is 0 Å². The second-order valence-electron chi connectivity index (χ2n) is 5.42. The molecule has 0 radical (unpaired) electrons. The smallest absolute Gasteiger partial charge is 0.255 e. The van der Waals surface area contributed by atoms with Crippen LogP contribution in [0.4, 0.5) is 0 Å². The second-order valence-corrected chi connectivity index (χ2v) is 5.42. The number of H-pyrrole nitrogens is 1. The van der Waals surface area contributed by atoms with E-state index in [9.17, 15) is 4.79 Å². The highest BCUT2D eigenvalue weighted by molar-refractivity contribution is 5.97. The fourth-order valence-corrected chi connectivity index (χ4v) is 2.59. The van der Waals surface area contributed by atoms with Gasteiger partial charge in [0.2, 0.25) is 0 Å². The minimum Gasteiger partial charge on any atom is -0.489 e. The summed E-state index contributed by atoms with van der Waals surface area (Å²) < 4.78 is 5.85. The number of amides is 1. The number of carbonyl (C=O) groups is 1. The van der Waals surface area contributed by atoms with E-state index in [1.54, 1.807) is 12.5 Å². The van der Waals surface area contributed by atoms with Crippen LogP contribution in [0.3, 0.4) is 0 Å². The van der Waals surface area contributed by atoms with Gasteiger partial charge in [-0.15, -0.1) is 0 Å². The molecule has 1 amide bonds. The van der Waals surface area contributed by atoms with Crippen molar-refractivity contribution in [1.82, 2.24) is 15.3 Å². The van der Waals surface area contributed by atoms with Gasteiger partial charge in [0.25, 0.3) is 5.91 Å². The monoisotopic (exact) mass is 285 g/mol. The molecule has 2 unspecified atom stereocenters. The minimum atomic E-state index is -0.0901. The first-order valence-electron chi connectivity index (χ1n) is 7.22. The van der Waals surface area contributed by atoms with Gasteiger partial charge in [-0.25, -0.2) is 4.98 Å². The predicted molar refractivity (Wildman–Crippen MR) is 79.6 cm³/mol. The molecule has 1 aromatic carbocycles. The fraction of sp³-hybridized carbons (Fsp3) is 0.375. The van der Waals surface area contributed by atoms with E-state index < -0.39 is 0 Å². The molecule has 5 nitrogen and oxygen atoms in total. The van der Waals surface area contributed by atoms with Gasteiger partial charge >= 0.3 is 0 Å². The van der Waals surface area contributed by atoms with Gasteiger partial charge in [-0.05, 0) is 13.0 Å². The minimum absolute atomic E-state index is 0.0901. The number of carbonyl (C=O) groups excluding carboxylic acids is 1. The number of hydrogen-bond donors (Lipinski definition) is 2. The van der Waals surface area contributed by atoms with Crippen LogP contribution < -0.4 is 10.1 Å². The van der Waals surface area contributed by atoms with Crippen molar-refractivity contribution >= 4 is 5.91 Å². The Balaban J connectivity index is 1.68. The Morgan fingerprint density at radius 1 is 1.43 bits per heavy atom. The van der Waals surface area contributed by atoms with Gasteiger partial charge < -0.3 is 15.0 Å². The van der Waals surface area contributed by atoms with Crippen molar-refractivity contribution in [1.29, 1.82) is 0 Å². The highest BCUT2D eigenvalue weighted by Gasteiger charge is 2.30. The van der Waals surface area contributed by atoms with E-state index in [1.807, 2.05) is 25.1 Å². The quantitative estimate of drug-likeness (QED) is 0.905. The third-order valence-corrected chi connectivity index (χ3v) is 4.02. The van der Waals surface area contributed by atoms with E-state index in [4.69, 9.17) is 4.74 Å². The first-order chi connectivity index (χ1) is 10.2. The fourth-order valence-electron chi connectivity index (χ4n) is 2.59. The third-order valence-electron chi connectivity index (χ3n) is 4.02. The Hall–Kier alpha value is -2.30. The standard InChI is InChI=1S/C16H19N3O2/c1-10-11(2)21-15-13(10)4-3-5-14(15)16(20)18-7-6-12-8-17-9-19-12/h3-5,8-11H,6-7H2,1-2H3,(H,17,19)(H,18,20). The Bertz CT molecular complexity index is 637. The summed E-state index contributed by atoms with van der Waals surface area (Å²) in [5.41, 5.74) is 2.74. The van der Waals surface area contributed by atoms with Crippen molar-refractivity contribution in [3.8, 4) is 5.75 Å². The zero-order chi connectivity index (χ0) is 14.8. The molecule has 1 aliphatic rings. The molecule has 21 heavy (non-hydrogen) atoms. The zero-order valence-corrected chi connectivity index (χ0v) is 12.2. The van der Waals surface area contributed by atoms with Crippen molar-refractivity contribution in [2.75, 3.05) is 6.54 Å². The highest BCUT2D eigenvalue weighted by Crippen LogP contribution is 2.40. The van der Waals surface area contributed by atoms with Crippen LogP contribution in [0.5, 0.6) is 5.75 Å². The van der Waals surface area contributed by atoms with Gasteiger partial charge in [-0.2, -0.15) is 0 Å². The number of imidazole rings is 1. The number of aromatic amines is 1. The lowest BCUT2D eigenvalue weighted by Crippen LogP contribution is -2.26. The lowest BCUT2D eigenvalue weighted by Gasteiger charge is -2.09. The average molecular weight is 285 g/mol. The lowest BCUT2D eigenvalue weighted by atomic mass is 9.97. The van der Waals surface area contributed by atoms with Crippen molar-refractivity contribution in [3.05, 3.63) is 47.5 Å². The summed E-state index contributed by atoms with van der Waals surface area (Å²) in [6.45, 7) is 4.72. The molecular weight excluding hydrogens is 266 g/mol. The Morgan fingerprint density at radius 3 is 3.05 bits per heavy atom. The summed E-state index contributed by atoms with van der Waals surface area (Å²) in [6, 6.07) is 5.76. The maximum Gasteiger partial charge on any atom is 0.255 e. The molecule has 0 saturated carbocycles. The molecule has 110 valence electrons. The summed E-state index contributed by atoms with van der Waals surface area (Å²) in [5.74, 6) is 0.960. The molecule has 3 rings (SSSR count). The van der Waals surface area contributed by atoms with Crippen molar-refractivity contribution < 1.29 is 9.53 Å². The molecule has 0 bridgehead atoms. The second kappa shape index (κ2) is 5.60. The van der Waals surface area contributed by atoms with Gasteiger partial charge in [0.1, 0.15) is 11.9 Å². The van der Waals surface area contributed by atoms with Crippen LogP contribution in [0.2, 0.25) is 0 Å². The van der Waals surface area contributed by atoms with Crippen LogP contribution in [-0.2, 0) is 6.42 Å². The van der Waals surface area contributed by atoms with E-state index in [0.29, 0.717) is 18.0 Å². The van der Waals surface area contributed by atoms with E-state index in [-0.39, 0.29) is 12.0 Å². The van der Waals surface area contributed by atoms with Gasteiger partial charge in [0.05, 0.1) is 11.9 Å². The molecule has 0 aliphatic carbocycles. The summed E-state index contributed by atoms with van der Waals surface area (Å²) in [4.78, 5) is 19.3. The molecule has 1 aromatic heterocycles. The summed E-state index contributed by atoms with van der Waals surface area (Å²) in [5, 5.41) is 2.93. The van der Waals surface area contributed by atoms with Crippen molar-refractivity contribution in [3.63, 3.8) is 0 Å². The molecule has 2 aromatic rings. The largest absolute Gasteiger partial charge is 0.489 e. The topological polar surface area (TPSA) is 67.0 Å². The molecule has 2 heterocycles. The summed E-state index contributed by atoms with van der Waals surface area (Å²) in [7, 11) is 0. The first-order valence-corrected chi connectivity index (χ1v) is 7.22. The van der Waals surface area contributed by atoms with Gasteiger partial charge in [-0.1, -0.05) is 19.1 Å². The van der Waals surface area contributed by atoms with Gasteiger partial charge in [-0.3, -0.25) is 4.79 Å². The number of fused-ring (bicyclic) bond motifs is 1. The predicted octanol–water partition coefficient (Wildman–Crippen LogP) is 2.27. The molecule has 5 heteroatoms. The number of para-hydroxylation sites is 1. The van der Waals surface area contributed by atoms with Gasteiger partial charge in [0, 0.05) is 36.3 Å². The van der Waals surface area contributed by atoms with Crippen LogP contribution >= 0.6 is 0 Å². The van der Waals surface area contributed by atoms with Crippen molar-refractivity contribution in [2.24, 2.45) is 0 Å². The normalized spacial score (nSPS) is 19.9. The number of ether oxygens (including phenoxy) is 1. The average Bonchev–Trinajstić information content (AvgIpc) is 3.08. The Labute approximate surface area is 123 Å². The van der Waals surface area contributed by atoms with E-state index in [1.165, 1.54) is 0 Å². The lowest BCUT2D eigenvalue weighted by molar-refractivity contribution is 0.0949. The maximum atomic E-state index is 12.3. The van der Waals surface area contributed by atoms with Crippen LogP contribution in [0, 0.1) is 0 Å². The molecule has 2 atom stereocenters. The molecule has 2 N–H and O–H groups in total. The number of rotatable bonds is 4. The van der Waals surface area contributed by atoms with Crippen molar-refractivity contribution in [2.45, 2.75) is 32.3 Å². The molecule has 1 aliphatic heterocycles. The number of benzene rings is 1. The molecule has 0 saturated heterocycles. The number of hydrogen-bond acceptors (Lipinski definition) is 3. The molecule has 0 spiro atoms. The Morgan fingerprint density at radius 2 is 2.29 bits per heavy atom. The molecule has 0 fully saturated rings. The van der Waals surface area contributed by atoms with Crippen LogP contribution in [0.1, 0.15) is 41.4 Å². The Kier molecular flexibility index (Phi) is 3.64. The first kappa shape index (κ1) is 13.7. The highest BCUT2D eigenvalue weighted by atomic mass is 16.5. The summed E-state index contributed by atoms with van der Waals surface area (Å²) in [6.07, 6.45) is 4.24. The van der Waals surface area contributed by atoms with Crippen LogP contribution in [0.15, 0.2) is 30.7 Å².